The molecule has 0 amide bonds. The first kappa shape index (κ1) is 16.9. The zero-order valence-corrected chi connectivity index (χ0v) is 16.3. The normalized spacial score (nSPS) is 14.8. The summed E-state index contributed by atoms with van der Waals surface area (Å²) in [6.45, 7) is 10.6. The number of piperazine rings is 1. The van der Waals surface area contributed by atoms with Crippen LogP contribution in [0.15, 0.2) is 79.4 Å². The summed E-state index contributed by atoms with van der Waals surface area (Å²) in [5.41, 5.74) is 5.10. The number of para-hydroxylation sites is 2. The molecule has 2 heterocycles. The van der Waals surface area contributed by atoms with Crippen molar-refractivity contribution in [3.8, 4) is 0 Å². The molecule has 3 nitrogen and oxygen atoms in total. The third-order valence-corrected chi connectivity index (χ3v) is 5.85. The summed E-state index contributed by atoms with van der Waals surface area (Å²) in [5.74, 6) is 1.07. The van der Waals surface area contributed by atoms with Crippen molar-refractivity contribution in [2.24, 2.45) is 0 Å². The van der Waals surface area contributed by atoms with Crippen molar-refractivity contribution in [1.82, 2.24) is 9.47 Å². The quantitative estimate of drug-likeness (QED) is 0.483. The standard InChI is InChI=1S/C25H25N3/c1-19-8-7-9-21(18-19)27-16-14-26(15-17-27)20(2)28-24-12-5-3-10-22(24)23-11-4-6-13-25(23)28/h3-13,18H,2,14-17H2,1H3. The number of aryl methyl sites for hydroxylation is 1. The van der Waals surface area contributed by atoms with Gasteiger partial charge in [-0.3, -0.25) is 4.57 Å². The van der Waals surface area contributed by atoms with Crippen LogP contribution in [0.25, 0.3) is 27.6 Å². The van der Waals surface area contributed by atoms with Crippen LogP contribution in [0, 0.1) is 6.92 Å². The highest BCUT2D eigenvalue weighted by Crippen LogP contribution is 2.32. The Hall–Kier alpha value is -3.20. The van der Waals surface area contributed by atoms with Gasteiger partial charge in [-0.25, -0.2) is 0 Å². The lowest BCUT2D eigenvalue weighted by molar-refractivity contribution is 0.355. The number of benzene rings is 3. The zero-order chi connectivity index (χ0) is 19.1. The number of hydrogen-bond donors (Lipinski definition) is 0. The molecule has 0 bridgehead atoms. The molecular formula is C25H25N3. The average Bonchev–Trinajstić information content (AvgIpc) is 3.08. The molecule has 0 saturated carbocycles. The number of nitrogens with zero attached hydrogens (tertiary/aromatic N) is 3. The van der Waals surface area contributed by atoms with Crippen molar-refractivity contribution in [2.45, 2.75) is 6.92 Å². The highest BCUT2D eigenvalue weighted by Gasteiger charge is 2.21. The molecule has 1 aliphatic rings. The smallest absolute Gasteiger partial charge is 0.106 e. The van der Waals surface area contributed by atoms with E-state index in [-0.39, 0.29) is 0 Å². The summed E-state index contributed by atoms with van der Waals surface area (Å²) >= 11 is 0. The van der Waals surface area contributed by atoms with Crippen LogP contribution in [-0.2, 0) is 0 Å². The predicted molar refractivity (Wildman–Crippen MR) is 120 cm³/mol. The monoisotopic (exact) mass is 367 g/mol. The van der Waals surface area contributed by atoms with E-state index in [0.717, 1.165) is 32.0 Å². The van der Waals surface area contributed by atoms with Gasteiger partial charge in [0.05, 0.1) is 11.0 Å². The molecule has 140 valence electrons. The van der Waals surface area contributed by atoms with Crippen LogP contribution >= 0.6 is 0 Å². The first-order valence-electron chi connectivity index (χ1n) is 9.96. The van der Waals surface area contributed by atoms with Gasteiger partial charge in [0.1, 0.15) is 5.82 Å². The Bertz CT molecular complexity index is 1110. The molecule has 28 heavy (non-hydrogen) atoms. The lowest BCUT2D eigenvalue weighted by atomic mass is 10.2. The van der Waals surface area contributed by atoms with Gasteiger partial charge < -0.3 is 9.80 Å². The fraction of sp³-hybridized carbons (Fsp3) is 0.200. The number of hydrogen-bond acceptors (Lipinski definition) is 2. The second kappa shape index (κ2) is 6.75. The minimum Gasteiger partial charge on any atom is -0.368 e. The van der Waals surface area contributed by atoms with Crippen molar-refractivity contribution in [3.63, 3.8) is 0 Å². The Balaban J connectivity index is 1.45. The molecule has 3 aromatic carbocycles. The lowest BCUT2D eigenvalue weighted by Crippen LogP contribution is -2.46. The molecule has 1 fully saturated rings. The molecule has 0 atom stereocenters. The molecule has 0 radical (unpaired) electrons. The minimum absolute atomic E-state index is 0.980. The second-order valence-corrected chi connectivity index (χ2v) is 7.60. The van der Waals surface area contributed by atoms with Gasteiger partial charge in [-0.2, -0.15) is 0 Å². The van der Waals surface area contributed by atoms with Crippen molar-refractivity contribution in [2.75, 3.05) is 31.1 Å². The first-order chi connectivity index (χ1) is 13.7. The van der Waals surface area contributed by atoms with E-state index in [2.05, 4.69) is 101 Å². The number of rotatable bonds is 3. The summed E-state index contributed by atoms with van der Waals surface area (Å²) < 4.78 is 2.33. The lowest BCUT2D eigenvalue weighted by Gasteiger charge is -2.38. The summed E-state index contributed by atoms with van der Waals surface area (Å²) in [6.07, 6.45) is 0. The summed E-state index contributed by atoms with van der Waals surface area (Å²) in [7, 11) is 0. The van der Waals surface area contributed by atoms with Crippen LogP contribution in [0.3, 0.4) is 0 Å². The van der Waals surface area contributed by atoms with Gasteiger partial charge in [-0.15, -0.1) is 0 Å². The Morgan fingerprint density at radius 2 is 1.36 bits per heavy atom. The van der Waals surface area contributed by atoms with E-state index in [9.17, 15) is 0 Å². The first-order valence-corrected chi connectivity index (χ1v) is 9.96. The molecule has 3 heteroatoms. The minimum atomic E-state index is 0.980. The molecule has 1 saturated heterocycles. The van der Waals surface area contributed by atoms with Crippen molar-refractivity contribution >= 4 is 33.3 Å². The molecule has 0 N–H and O–H groups in total. The van der Waals surface area contributed by atoms with Crippen LogP contribution in [0.5, 0.6) is 0 Å². The van der Waals surface area contributed by atoms with E-state index >= 15 is 0 Å². The Morgan fingerprint density at radius 1 is 0.750 bits per heavy atom. The Morgan fingerprint density at radius 3 is 1.96 bits per heavy atom. The number of anilines is 1. The largest absolute Gasteiger partial charge is 0.368 e. The van der Waals surface area contributed by atoms with Gasteiger partial charge in [-0.1, -0.05) is 55.1 Å². The molecule has 5 rings (SSSR count). The molecule has 4 aromatic rings. The van der Waals surface area contributed by atoms with Crippen molar-refractivity contribution in [3.05, 3.63) is 84.9 Å². The maximum atomic E-state index is 4.50. The molecular weight excluding hydrogens is 342 g/mol. The van der Waals surface area contributed by atoms with E-state index in [4.69, 9.17) is 0 Å². The zero-order valence-electron chi connectivity index (χ0n) is 16.3. The van der Waals surface area contributed by atoms with Gasteiger partial charge in [0.15, 0.2) is 0 Å². The maximum absolute atomic E-state index is 4.50. The fourth-order valence-corrected chi connectivity index (χ4v) is 4.39. The van der Waals surface area contributed by atoms with Crippen LogP contribution in [0.1, 0.15) is 5.56 Å². The molecule has 0 spiro atoms. The summed E-state index contributed by atoms with van der Waals surface area (Å²) in [6, 6.07) is 26.0. The maximum Gasteiger partial charge on any atom is 0.106 e. The fourth-order valence-electron chi connectivity index (χ4n) is 4.39. The van der Waals surface area contributed by atoms with Gasteiger partial charge in [-0.05, 0) is 36.8 Å². The van der Waals surface area contributed by atoms with Crippen molar-refractivity contribution < 1.29 is 0 Å². The molecule has 1 aliphatic heterocycles. The number of aromatic nitrogens is 1. The van der Waals surface area contributed by atoms with Crippen LogP contribution in [0.4, 0.5) is 5.69 Å². The highest BCUT2D eigenvalue weighted by molar-refractivity contribution is 6.09. The predicted octanol–water partition coefficient (Wildman–Crippen LogP) is 5.35. The number of fused-ring (bicyclic) bond motifs is 3. The van der Waals surface area contributed by atoms with E-state index < -0.39 is 0 Å². The Kier molecular flexibility index (Phi) is 4.09. The highest BCUT2D eigenvalue weighted by atomic mass is 15.3. The average molecular weight is 367 g/mol. The SMILES string of the molecule is C=C(N1CCN(c2cccc(C)c2)CC1)n1c2ccccc2c2ccccc21. The van der Waals surface area contributed by atoms with Crippen molar-refractivity contribution in [1.29, 1.82) is 0 Å². The second-order valence-electron chi connectivity index (χ2n) is 7.60. The van der Waals surface area contributed by atoms with Gasteiger partial charge in [0.2, 0.25) is 0 Å². The van der Waals surface area contributed by atoms with E-state index in [1.165, 1.54) is 33.1 Å². The third kappa shape index (κ3) is 2.75. The van der Waals surface area contributed by atoms with Crippen LogP contribution < -0.4 is 4.90 Å². The summed E-state index contributed by atoms with van der Waals surface area (Å²) in [4.78, 5) is 4.90. The van der Waals surface area contributed by atoms with E-state index in [0.29, 0.717) is 0 Å². The van der Waals surface area contributed by atoms with Gasteiger partial charge in [0, 0.05) is 42.6 Å². The van der Waals surface area contributed by atoms with E-state index in [1.54, 1.807) is 0 Å². The van der Waals surface area contributed by atoms with Crippen LogP contribution in [-0.4, -0.2) is 35.6 Å². The Labute approximate surface area is 166 Å². The van der Waals surface area contributed by atoms with Gasteiger partial charge >= 0.3 is 0 Å². The molecule has 0 unspecified atom stereocenters. The topological polar surface area (TPSA) is 11.4 Å². The molecule has 0 aliphatic carbocycles. The van der Waals surface area contributed by atoms with Crippen LogP contribution in [0.2, 0.25) is 0 Å². The van der Waals surface area contributed by atoms with E-state index in [1.807, 2.05) is 0 Å². The molecule has 1 aromatic heterocycles. The summed E-state index contributed by atoms with van der Waals surface area (Å²) in [5, 5.41) is 2.58. The third-order valence-electron chi connectivity index (χ3n) is 5.85. The van der Waals surface area contributed by atoms with Gasteiger partial charge in [0.25, 0.3) is 0 Å².